The second-order valence-corrected chi connectivity index (χ2v) is 3.05. The molecule has 0 aliphatic rings. The summed E-state index contributed by atoms with van der Waals surface area (Å²) in [5.41, 5.74) is 1.36. The SMILES string of the molecule is CNCC#Cc1cc(C)cnc1C(=O)O. The molecule has 0 aliphatic carbocycles. The molecule has 0 saturated heterocycles. The van der Waals surface area contributed by atoms with Gasteiger partial charge in [0.15, 0.2) is 5.69 Å². The first-order valence-corrected chi connectivity index (χ1v) is 4.48. The van der Waals surface area contributed by atoms with Gasteiger partial charge in [-0.3, -0.25) is 0 Å². The van der Waals surface area contributed by atoms with E-state index in [1.54, 1.807) is 13.1 Å². The molecule has 0 unspecified atom stereocenters. The van der Waals surface area contributed by atoms with Crippen LogP contribution in [0, 0.1) is 18.8 Å². The summed E-state index contributed by atoms with van der Waals surface area (Å²) in [6, 6.07) is 1.72. The molecular formula is C11H12N2O2. The van der Waals surface area contributed by atoms with Crippen LogP contribution in [-0.2, 0) is 0 Å². The van der Waals surface area contributed by atoms with Crippen molar-refractivity contribution in [3.63, 3.8) is 0 Å². The standard InChI is InChI=1S/C11H12N2O2/c1-8-6-9(4-3-5-12-2)10(11(14)15)13-7-8/h6-7,12H,5H2,1-2H3,(H,14,15). The van der Waals surface area contributed by atoms with Crippen molar-refractivity contribution in [2.24, 2.45) is 0 Å². The number of carboxylic acid groups (broad SMARTS) is 1. The maximum atomic E-state index is 10.8. The van der Waals surface area contributed by atoms with E-state index in [1.165, 1.54) is 6.20 Å². The number of rotatable bonds is 2. The van der Waals surface area contributed by atoms with Gasteiger partial charge in [-0.25, -0.2) is 9.78 Å². The van der Waals surface area contributed by atoms with Gasteiger partial charge in [0.1, 0.15) is 0 Å². The largest absolute Gasteiger partial charge is 0.476 e. The van der Waals surface area contributed by atoms with Crippen molar-refractivity contribution in [2.75, 3.05) is 13.6 Å². The Morgan fingerprint density at radius 2 is 2.40 bits per heavy atom. The highest BCUT2D eigenvalue weighted by atomic mass is 16.4. The molecule has 0 aliphatic heterocycles. The number of aromatic carboxylic acids is 1. The van der Waals surface area contributed by atoms with Crippen LogP contribution in [0.1, 0.15) is 21.6 Å². The van der Waals surface area contributed by atoms with Crippen molar-refractivity contribution in [1.82, 2.24) is 10.3 Å². The average molecular weight is 204 g/mol. The Labute approximate surface area is 88.3 Å². The van der Waals surface area contributed by atoms with Crippen LogP contribution in [0.3, 0.4) is 0 Å². The summed E-state index contributed by atoms with van der Waals surface area (Å²) >= 11 is 0. The summed E-state index contributed by atoms with van der Waals surface area (Å²) in [7, 11) is 1.78. The van der Waals surface area contributed by atoms with Gasteiger partial charge in [-0.1, -0.05) is 11.8 Å². The van der Waals surface area contributed by atoms with Crippen molar-refractivity contribution in [2.45, 2.75) is 6.92 Å². The molecule has 0 amide bonds. The third-order valence-electron chi connectivity index (χ3n) is 1.72. The van der Waals surface area contributed by atoms with Crippen LogP contribution < -0.4 is 5.32 Å². The molecule has 0 bridgehead atoms. The summed E-state index contributed by atoms with van der Waals surface area (Å²) in [6.07, 6.45) is 1.52. The Hall–Kier alpha value is -1.86. The predicted octanol–water partition coefficient (Wildman–Crippen LogP) is 0.659. The highest BCUT2D eigenvalue weighted by Gasteiger charge is 2.09. The molecule has 0 radical (unpaired) electrons. The van der Waals surface area contributed by atoms with Crippen LogP contribution in [0.4, 0.5) is 0 Å². The molecule has 1 aromatic heterocycles. The topological polar surface area (TPSA) is 62.2 Å². The molecule has 2 N–H and O–H groups in total. The van der Waals surface area contributed by atoms with E-state index in [-0.39, 0.29) is 5.69 Å². The molecule has 0 aromatic carbocycles. The summed E-state index contributed by atoms with van der Waals surface area (Å²) in [4.78, 5) is 14.7. The van der Waals surface area contributed by atoms with Gasteiger partial charge < -0.3 is 10.4 Å². The molecule has 0 saturated carbocycles. The highest BCUT2D eigenvalue weighted by molar-refractivity contribution is 5.88. The number of hydrogen-bond acceptors (Lipinski definition) is 3. The number of aromatic nitrogens is 1. The van der Waals surface area contributed by atoms with Gasteiger partial charge in [0.2, 0.25) is 0 Å². The van der Waals surface area contributed by atoms with Crippen molar-refractivity contribution < 1.29 is 9.90 Å². The number of hydrogen-bond donors (Lipinski definition) is 2. The molecule has 4 heteroatoms. The summed E-state index contributed by atoms with van der Waals surface area (Å²) < 4.78 is 0. The molecule has 78 valence electrons. The minimum Gasteiger partial charge on any atom is -0.476 e. The lowest BCUT2D eigenvalue weighted by molar-refractivity contribution is 0.0690. The number of nitrogens with one attached hydrogen (secondary N) is 1. The number of nitrogens with zero attached hydrogens (tertiary/aromatic N) is 1. The van der Waals surface area contributed by atoms with Gasteiger partial charge in [0, 0.05) is 6.20 Å². The van der Waals surface area contributed by atoms with E-state index in [0.29, 0.717) is 12.1 Å². The van der Waals surface area contributed by atoms with Crippen LogP contribution in [-0.4, -0.2) is 29.7 Å². The summed E-state index contributed by atoms with van der Waals surface area (Å²) in [6.45, 7) is 2.37. The normalized spacial score (nSPS) is 9.20. The van der Waals surface area contributed by atoms with Crippen molar-refractivity contribution >= 4 is 5.97 Å². The number of aryl methyl sites for hydroxylation is 1. The molecule has 0 atom stereocenters. The highest BCUT2D eigenvalue weighted by Crippen LogP contribution is 2.06. The van der Waals surface area contributed by atoms with Crippen molar-refractivity contribution in [3.8, 4) is 11.8 Å². The Morgan fingerprint density at radius 3 is 3.00 bits per heavy atom. The second-order valence-electron chi connectivity index (χ2n) is 3.05. The maximum absolute atomic E-state index is 10.8. The lowest BCUT2D eigenvalue weighted by Crippen LogP contribution is -2.06. The van der Waals surface area contributed by atoms with Gasteiger partial charge in [-0.05, 0) is 25.6 Å². The quantitative estimate of drug-likeness (QED) is 0.695. The van der Waals surface area contributed by atoms with Crippen molar-refractivity contribution in [1.29, 1.82) is 0 Å². The second kappa shape index (κ2) is 5.13. The first-order chi connectivity index (χ1) is 7.15. The van der Waals surface area contributed by atoms with Crippen molar-refractivity contribution in [3.05, 3.63) is 29.1 Å². The third kappa shape index (κ3) is 3.08. The summed E-state index contributed by atoms with van der Waals surface area (Å²) in [5.74, 6) is 4.54. The Balaban J connectivity index is 3.09. The first kappa shape index (κ1) is 11.2. The van der Waals surface area contributed by atoms with Crippen LogP contribution in [0.2, 0.25) is 0 Å². The van der Waals surface area contributed by atoms with E-state index < -0.39 is 5.97 Å². The van der Waals surface area contributed by atoms with Gasteiger partial charge in [0.05, 0.1) is 12.1 Å². The molecule has 0 spiro atoms. The van der Waals surface area contributed by atoms with Gasteiger partial charge >= 0.3 is 5.97 Å². The lowest BCUT2D eigenvalue weighted by atomic mass is 10.1. The van der Waals surface area contributed by atoms with E-state index in [1.807, 2.05) is 6.92 Å². The van der Waals surface area contributed by atoms with E-state index in [0.717, 1.165) is 5.56 Å². The number of carboxylic acids is 1. The van der Waals surface area contributed by atoms with E-state index in [9.17, 15) is 4.79 Å². The first-order valence-electron chi connectivity index (χ1n) is 4.48. The Kier molecular flexibility index (Phi) is 3.83. The smallest absolute Gasteiger partial charge is 0.355 e. The fourth-order valence-corrected chi connectivity index (χ4v) is 1.06. The van der Waals surface area contributed by atoms with Gasteiger partial charge in [-0.2, -0.15) is 0 Å². The molecule has 4 nitrogen and oxygen atoms in total. The van der Waals surface area contributed by atoms with E-state index in [4.69, 9.17) is 5.11 Å². The van der Waals surface area contributed by atoms with E-state index >= 15 is 0 Å². The molecule has 15 heavy (non-hydrogen) atoms. The van der Waals surface area contributed by atoms with E-state index in [2.05, 4.69) is 22.1 Å². The predicted molar refractivity (Wildman–Crippen MR) is 56.7 cm³/mol. The zero-order chi connectivity index (χ0) is 11.3. The third-order valence-corrected chi connectivity index (χ3v) is 1.72. The molecule has 1 aromatic rings. The average Bonchev–Trinajstić information content (AvgIpc) is 2.18. The monoisotopic (exact) mass is 204 g/mol. The molecule has 0 fully saturated rings. The number of carbonyl (C=O) groups is 1. The maximum Gasteiger partial charge on any atom is 0.355 e. The minimum absolute atomic E-state index is 0.00389. The van der Waals surface area contributed by atoms with Crippen LogP contribution in [0.25, 0.3) is 0 Å². The molecule has 1 heterocycles. The van der Waals surface area contributed by atoms with Crippen LogP contribution in [0.5, 0.6) is 0 Å². The summed E-state index contributed by atoms with van der Waals surface area (Å²) in [5, 5.41) is 11.7. The fourth-order valence-electron chi connectivity index (χ4n) is 1.06. The molecular weight excluding hydrogens is 192 g/mol. The Bertz CT molecular complexity index is 430. The Morgan fingerprint density at radius 1 is 1.67 bits per heavy atom. The fraction of sp³-hybridized carbons (Fsp3) is 0.273. The zero-order valence-corrected chi connectivity index (χ0v) is 8.66. The number of pyridine rings is 1. The molecule has 1 rings (SSSR count). The van der Waals surface area contributed by atoms with Gasteiger partial charge in [-0.15, -0.1) is 0 Å². The minimum atomic E-state index is -1.05. The van der Waals surface area contributed by atoms with Gasteiger partial charge in [0.25, 0.3) is 0 Å². The van der Waals surface area contributed by atoms with Crippen LogP contribution >= 0.6 is 0 Å². The lowest BCUT2D eigenvalue weighted by Gasteiger charge is -1.99. The van der Waals surface area contributed by atoms with Crippen LogP contribution in [0.15, 0.2) is 12.3 Å². The zero-order valence-electron chi connectivity index (χ0n) is 8.66.